The Morgan fingerprint density at radius 1 is 1.18 bits per heavy atom. The number of hydrogen-bond acceptors (Lipinski definition) is 2. The minimum Gasteiger partial charge on any atom is -0.375 e. The highest BCUT2D eigenvalue weighted by Gasteiger charge is 2.22. The number of anilines is 1. The summed E-state index contributed by atoms with van der Waals surface area (Å²) in [4.78, 5) is 2.32. The summed E-state index contributed by atoms with van der Waals surface area (Å²) in [6, 6.07) is 11.1. The van der Waals surface area contributed by atoms with Gasteiger partial charge in [0.25, 0.3) is 0 Å². The monoisotopic (exact) mass is 234 g/mol. The van der Waals surface area contributed by atoms with Gasteiger partial charge in [-0.3, -0.25) is 0 Å². The number of nitrogens with one attached hydrogen (secondary N) is 1. The maximum atomic E-state index is 3.42. The van der Waals surface area contributed by atoms with Crippen LogP contribution in [0.15, 0.2) is 30.3 Å². The standard InChI is InChI=1S/C15H26N2/c1-15(2,3)14(16-4)11-12-17(5)13-9-7-6-8-10-13/h6-10,14,16H,11-12H2,1-5H3. The molecule has 0 aromatic heterocycles. The third-order valence-corrected chi connectivity index (χ3v) is 3.34. The molecule has 2 nitrogen and oxygen atoms in total. The lowest BCUT2D eigenvalue weighted by atomic mass is 9.85. The van der Waals surface area contributed by atoms with Crippen LogP contribution in [0.1, 0.15) is 27.2 Å². The number of para-hydroxylation sites is 1. The summed E-state index contributed by atoms with van der Waals surface area (Å²) < 4.78 is 0. The summed E-state index contributed by atoms with van der Waals surface area (Å²) in [7, 11) is 4.21. The van der Waals surface area contributed by atoms with E-state index in [1.165, 1.54) is 5.69 Å². The zero-order chi connectivity index (χ0) is 12.9. The van der Waals surface area contributed by atoms with Gasteiger partial charge in [-0.1, -0.05) is 39.0 Å². The predicted octanol–water partition coefficient (Wildman–Crippen LogP) is 3.15. The molecule has 0 heterocycles. The van der Waals surface area contributed by atoms with E-state index in [-0.39, 0.29) is 0 Å². The molecule has 0 spiro atoms. The van der Waals surface area contributed by atoms with Crippen LogP contribution >= 0.6 is 0 Å². The lowest BCUT2D eigenvalue weighted by Crippen LogP contribution is -2.40. The van der Waals surface area contributed by atoms with Gasteiger partial charge in [-0.2, -0.15) is 0 Å². The summed E-state index contributed by atoms with van der Waals surface area (Å²) >= 11 is 0. The number of rotatable bonds is 5. The zero-order valence-electron chi connectivity index (χ0n) is 11.8. The molecular formula is C15H26N2. The summed E-state index contributed by atoms with van der Waals surface area (Å²) in [5.41, 5.74) is 1.60. The van der Waals surface area contributed by atoms with E-state index in [9.17, 15) is 0 Å². The van der Waals surface area contributed by atoms with Crippen molar-refractivity contribution in [2.45, 2.75) is 33.2 Å². The van der Waals surface area contributed by atoms with Gasteiger partial charge in [-0.15, -0.1) is 0 Å². The highest BCUT2D eigenvalue weighted by Crippen LogP contribution is 2.22. The summed E-state index contributed by atoms with van der Waals surface area (Å²) in [5, 5.41) is 3.42. The van der Waals surface area contributed by atoms with Gasteiger partial charge >= 0.3 is 0 Å². The normalized spacial score (nSPS) is 13.5. The third kappa shape index (κ3) is 4.39. The van der Waals surface area contributed by atoms with Crippen molar-refractivity contribution >= 4 is 5.69 Å². The van der Waals surface area contributed by atoms with Crippen LogP contribution in [0.5, 0.6) is 0 Å². The van der Waals surface area contributed by atoms with Crippen LogP contribution in [0, 0.1) is 5.41 Å². The quantitative estimate of drug-likeness (QED) is 0.842. The molecule has 1 rings (SSSR count). The molecule has 0 saturated heterocycles. The Bertz CT molecular complexity index is 313. The number of hydrogen-bond donors (Lipinski definition) is 1. The van der Waals surface area contributed by atoms with E-state index in [2.05, 4.69) is 75.4 Å². The fourth-order valence-corrected chi connectivity index (χ4v) is 2.14. The highest BCUT2D eigenvalue weighted by molar-refractivity contribution is 5.44. The topological polar surface area (TPSA) is 15.3 Å². The first-order valence-electron chi connectivity index (χ1n) is 6.38. The van der Waals surface area contributed by atoms with E-state index in [4.69, 9.17) is 0 Å². The van der Waals surface area contributed by atoms with E-state index in [1.807, 2.05) is 0 Å². The Morgan fingerprint density at radius 3 is 2.24 bits per heavy atom. The Balaban J connectivity index is 2.50. The van der Waals surface area contributed by atoms with Crippen LogP contribution in [0.4, 0.5) is 5.69 Å². The summed E-state index contributed by atoms with van der Waals surface area (Å²) in [6.45, 7) is 7.94. The first kappa shape index (κ1) is 14.0. The van der Waals surface area contributed by atoms with Gasteiger partial charge in [0.1, 0.15) is 0 Å². The molecule has 0 radical (unpaired) electrons. The Kier molecular flexibility index (Phi) is 5.01. The zero-order valence-corrected chi connectivity index (χ0v) is 11.8. The largest absolute Gasteiger partial charge is 0.375 e. The van der Waals surface area contributed by atoms with E-state index in [0.717, 1.165) is 13.0 Å². The van der Waals surface area contributed by atoms with Crippen molar-refractivity contribution in [1.29, 1.82) is 0 Å². The lowest BCUT2D eigenvalue weighted by molar-refractivity contribution is 0.270. The van der Waals surface area contributed by atoms with Crippen molar-refractivity contribution in [2.75, 3.05) is 25.5 Å². The minimum atomic E-state index is 0.312. The van der Waals surface area contributed by atoms with Gasteiger partial charge in [0.15, 0.2) is 0 Å². The minimum absolute atomic E-state index is 0.312. The smallest absolute Gasteiger partial charge is 0.0363 e. The van der Waals surface area contributed by atoms with Gasteiger partial charge in [-0.25, -0.2) is 0 Å². The van der Waals surface area contributed by atoms with Crippen LogP contribution in [0.2, 0.25) is 0 Å². The molecule has 17 heavy (non-hydrogen) atoms. The first-order valence-corrected chi connectivity index (χ1v) is 6.38. The molecule has 0 amide bonds. The van der Waals surface area contributed by atoms with Crippen LogP contribution in [-0.2, 0) is 0 Å². The van der Waals surface area contributed by atoms with Gasteiger partial charge in [0, 0.05) is 25.3 Å². The molecule has 1 aromatic rings. The van der Waals surface area contributed by atoms with Crippen LogP contribution in [0.3, 0.4) is 0 Å². The second kappa shape index (κ2) is 6.06. The molecule has 0 aliphatic carbocycles. The summed E-state index contributed by atoms with van der Waals surface area (Å²) in [6.07, 6.45) is 1.16. The van der Waals surface area contributed by atoms with Crippen molar-refractivity contribution in [1.82, 2.24) is 5.32 Å². The second-order valence-corrected chi connectivity index (χ2v) is 5.75. The molecule has 0 saturated carbocycles. The van der Waals surface area contributed by atoms with E-state index in [1.54, 1.807) is 0 Å². The third-order valence-electron chi connectivity index (χ3n) is 3.34. The molecule has 96 valence electrons. The molecule has 1 atom stereocenters. The molecule has 0 aliphatic rings. The van der Waals surface area contributed by atoms with Crippen molar-refractivity contribution in [2.24, 2.45) is 5.41 Å². The van der Waals surface area contributed by atoms with Crippen molar-refractivity contribution in [3.05, 3.63) is 30.3 Å². The average molecular weight is 234 g/mol. The van der Waals surface area contributed by atoms with Gasteiger partial charge < -0.3 is 10.2 Å². The van der Waals surface area contributed by atoms with Crippen LogP contribution < -0.4 is 10.2 Å². The Labute approximate surface area is 106 Å². The van der Waals surface area contributed by atoms with E-state index < -0.39 is 0 Å². The number of benzene rings is 1. The SMILES string of the molecule is CNC(CCN(C)c1ccccc1)C(C)(C)C. The maximum Gasteiger partial charge on any atom is 0.0363 e. The average Bonchev–Trinajstić information content (AvgIpc) is 2.29. The van der Waals surface area contributed by atoms with E-state index >= 15 is 0 Å². The number of nitrogens with zero attached hydrogens (tertiary/aromatic N) is 1. The summed E-state index contributed by atoms with van der Waals surface area (Å²) in [5.74, 6) is 0. The van der Waals surface area contributed by atoms with Crippen LogP contribution in [0.25, 0.3) is 0 Å². The Hall–Kier alpha value is -1.02. The van der Waals surface area contributed by atoms with E-state index in [0.29, 0.717) is 11.5 Å². The molecule has 0 bridgehead atoms. The van der Waals surface area contributed by atoms with Crippen molar-refractivity contribution in [3.8, 4) is 0 Å². The Morgan fingerprint density at radius 2 is 1.76 bits per heavy atom. The lowest BCUT2D eigenvalue weighted by Gasteiger charge is -2.32. The fraction of sp³-hybridized carbons (Fsp3) is 0.600. The molecular weight excluding hydrogens is 208 g/mol. The van der Waals surface area contributed by atoms with Gasteiger partial charge in [-0.05, 0) is 31.0 Å². The highest BCUT2D eigenvalue weighted by atomic mass is 15.1. The molecule has 2 heteroatoms. The van der Waals surface area contributed by atoms with Crippen molar-refractivity contribution in [3.63, 3.8) is 0 Å². The molecule has 1 N–H and O–H groups in total. The predicted molar refractivity (Wildman–Crippen MR) is 76.6 cm³/mol. The van der Waals surface area contributed by atoms with Gasteiger partial charge in [0.05, 0.1) is 0 Å². The van der Waals surface area contributed by atoms with Gasteiger partial charge in [0.2, 0.25) is 0 Å². The maximum absolute atomic E-state index is 3.42. The molecule has 1 unspecified atom stereocenters. The first-order chi connectivity index (χ1) is 7.95. The molecule has 0 aliphatic heterocycles. The molecule has 1 aromatic carbocycles. The second-order valence-electron chi connectivity index (χ2n) is 5.75. The van der Waals surface area contributed by atoms with Crippen LogP contribution in [-0.4, -0.2) is 26.7 Å². The fourth-order valence-electron chi connectivity index (χ4n) is 2.14. The molecule has 0 fully saturated rings. The van der Waals surface area contributed by atoms with Crippen molar-refractivity contribution < 1.29 is 0 Å².